The van der Waals surface area contributed by atoms with Crippen LogP contribution in [0.2, 0.25) is 0 Å². The summed E-state index contributed by atoms with van der Waals surface area (Å²) >= 11 is 0. The Morgan fingerprint density at radius 1 is 1.27 bits per heavy atom. The van der Waals surface area contributed by atoms with Gasteiger partial charge < -0.3 is 0 Å². The third kappa shape index (κ3) is 1.13. The molecule has 1 fully saturated rings. The highest BCUT2D eigenvalue weighted by Gasteiger charge is 2.58. The van der Waals surface area contributed by atoms with Crippen LogP contribution in [0.1, 0.15) is 41.0 Å². The molecule has 0 aliphatic heterocycles. The van der Waals surface area contributed by atoms with Crippen molar-refractivity contribution in [3.05, 3.63) is 12.2 Å². The molecule has 1 unspecified atom stereocenters. The van der Waals surface area contributed by atoms with Crippen LogP contribution in [0.25, 0.3) is 0 Å². The maximum Gasteiger partial charge on any atom is -0.00597 e. The monoisotopic (exact) mass is 152 g/mol. The molecule has 0 amide bonds. The lowest BCUT2D eigenvalue weighted by Gasteiger charge is -2.21. The Morgan fingerprint density at radius 2 is 1.64 bits per heavy atom. The van der Waals surface area contributed by atoms with E-state index in [4.69, 9.17) is 0 Å². The molecule has 64 valence electrons. The molecule has 0 heterocycles. The molecule has 1 atom stereocenters. The lowest BCUT2D eigenvalue weighted by atomic mass is 9.84. The van der Waals surface area contributed by atoms with Gasteiger partial charge in [0.25, 0.3) is 0 Å². The Labute approximate surface area is 70.7 Å². The average Bonchev–Trinajstić information content (AvgIpc) is 2.32. The van der Waals surface area contributed by atoms with Gasteiger partial charge in [-0.15, -0.1) is 0 Å². The molecule has 0 aromatic heterocycles. The molecule has 11 heavy (non-hydrogen) atoms. The Hall–Kier alpha value is -0.260. The zero-order chi connectivity index (χ0) is 8.86. The molecule has 0 spiro atoms. The predicted octanol–water partition coefficient (Wildman–Crippen LogP) is 3.63. The minimum atomic E-state index is 0.432. The topological polar surface area (TPSA) is 0 Å². The SMILES string of the molecule is C=C(C(C)C)C1(C)CC1(C)C. The van der Waals surface area contributed by atoms with Crippen LogP contribution in [0.5, 0.6) is 0 Å². The molecule has 1 aliphatic carbocycles. The zero-order valence-electron chi connectivity index (χ0n) is 8.49. The summed E-state index contributed by atoms with van der Waals surface area (Å²) < 4.78 is 0. The summed E-state index contributed by atoms with van der Waals surface area (Å²) in [4.78, 5) is 0. The molecule has 0 N–H and O–H groups in total. The average molecular weight is 152 g/mol. The number of allylic oxidation sites excluding steroid dienone is 1. The highest BCUT2D eigenvalue weighted by atomic mass is 14.6. The fraction of sp³-hybridized carbons (Fsp3) is 0.818. The van der Waals surface area contributed by atoms with E-state index in [0.717, 1.165) is 0 Å². The normalized spacial score (nSPS) is 34.0. The van der Waals surface area contributed by atoms with Crippen LogP contribution in [0.15, 0.2) is 12.2 Å². The molecule has 0 aromatic rings. The molecular formula is C11H20. The molecule has 1 aliphatic rings. The van der Waals surface area contributed by atoms with Crippen LogP contribution >= 0.6 is 0 Å². The quantitative estimate of drug-likeness (QED) is 0.530. The molecule has 0 heteroatoms. The fourth-order valence-electron chi connectivity index (χ4n) is 2.03. The summed E-state index contributed by atoms with van der Waals surface area (Å²) in [6, 6.07) is 0. The van der Waals surface area contributed by atoms with Crippen LogP contribution in [-0.2, 0) is 0 Å². The van der Waals surface area contributed by atoms with Crippen molar-refractivity contribution < 1.29 is 0 Å². The second kappa shape index (κ2) is 2.12. The van der Waals surface area contributed by atoms with Gasteiger partial charge in [0.15, 0.2) is 0 Å². The molecule has 0 radical (unpaired) electrons. The van der Waals surface area contributed by atoms with E-state index in [1.807, 2.05) is 0 Å². The maximum atomic E-state index is 4.18. The Morgan fingerprint density at radius 3 is 1.73 bits per heavy atom. The fourth-order valence-corrected chi connectivity index (χ4v) is 2.03. The van der Waals surface area contributed by atoms with E-state index in [0.29, 0.717) is 16.7 Å². The van der Waals surface area contributed by atoms with Crippen LogP contribution < -0.4 is 0 Å². The molecular weight excluding hydrogens is 132 g/mol. The van der Waals surface area contributed by atoms with Gasteiger partial charge in [-0.2, -0.15) is 0 Å². The van der Waals surface area contributed by atoms with E-state index in [-0.39, 0.29) is 0 Å². The third-order valence-electron chi connectivity index (χ3n) is 3.57. The minimum absolute atomic E-state index is 0.432. The zero-order valence-corrected chi connectivity index (χ0v) is 8.49. The summed E-state index contributed by atoms with van der Waals surface area (Å²) in [6.07, 6.45) is 1.32. The van der Waals surface area contributed by atoms with Gasteiger partial charge in [-0.3, -0.25) is 0 Å². The first-order valence-corrected chi connectivity index (χ1v) is 4.50. The second-order valence-corrected chi connectivity index (χ2v) is 5.07. The lowest BCUT2D eigenvalue weighted by molar-refractivity contribution is 0.445. The largest absolute Gasteiger partial charge is 0.0990 e. The van der Waals surface area contributed by atoms with E-state index in [2.05, 4.69) is 41.2 Å². The summed E-state index contributed by atoms with van der Waals surface area (Å²) in [5, 5.41) is 0. The first-order chi connectivity index (χ1) is 4.81. The van der Waals surface area contributed by atoms with Gasteiger partial charge in [0, 0.05) is 0 Å². The Bertz CT molecular complexity index is 186. The second-order valence-electron chi connectivity index (χ2n) is 5.07. The smallest absolute Gasteiger partial charge is 0.00597 e. The van der Waals surface area contributed by atoms with Gasteiger partial charge >= 0.3 is 0 Å². The van der Waals surface area contributed by atoms with Crippen LogP contribution in [0.4, 0.5) is 0 Å². The van der Waals surface area contributed by atoms with Crippen molar-refractivity contribution in [3.63, 3.8) is 0 Å². The number of rotatable bonds is 2. The predicted molar refractivity (Wildman–Crippen MR) is 50.5 cm³/mol. The summed E-state index contributed by atoms with van der Waals surface area (Å²) in [5.74, 6) is 0.641. The van der Waals surface area contributed by atoms with Crippen LogP contribution in [0.3, 0.4) is 0 Å². The van der Waals surface area contributed by atoms with Crippen molar-refractivity contribution in [2.24, 2.45) is 16.7 Å². The van der Waals surface area contributed by atoms with E-state index in [1.165, 1.54) is 12.0 Å². The van der Waals surface area contributed by atoms with Crippen molar-refractivity contribution in [3.8, 4) is 0 Å². The highest BCUT2D eigenvalue weighted by molar-refractivity contribution is 5.26. The molecule has 0 bridgehead atoms. The number of hydrogen-bond acceptors (Lipinski definition) is 0. The van der Waals surface area contributed by atoms with Crippen molar-refractivity contribution in [1.82, 2.24) is 0 Å². The Balaban J connectivity index is 2.72. The van der Waals surface area contributed by atoms with Crippen LogP contribution in [-0.4, -0.2) is 0 Å². The Kier molecular flexibility index (Phi) is 1.70. The summed E-state index contributed by atoms with van der Waals surface area (Å²) in [5.41, 5.74) is 2.37. The molecule has 0 aromatic carbocycles. The van der Waals surface area contributed by atoms with E-state index in [1.54, 1.807) is 0 Å². The highest BCUT2D eigenvalue weighted by Crippen LogP contribution is 2.67. The van der Waals surface area contributed by atoms with Gasteiger partial charge in [0.05, 0.1) is 0 Å². The van der Waals surface area contributed by atoms with Crippen molar-refractivity contribution in [2.75, 3.05) is 0 Å². The minimum Gasteiger partial charge on any atom is -0.0990 e. The molecule has 0 saturated heterocycles. The van der Waals surface area contributed by atoms with Gasteiger partial charge in [0.1, 0.15) is 0 Å². The first-order valence-electron chi connectivity index (χ1n) is 4.50. The molecule has 0 nitrogen and oxygen atoms in total. The van der Waals surface area contributed by atoms with Crippen molar-refractivity contribution >= 4 is 0 Å². The van der Waals surface area contributed by atoms with Gasteiger partial charge in [-0.25, -0.2) is 0 Å². The standard InChI is InChI=1S/C11H20/c1-8(2)9(3)11(6)7-10(11,4)5/h8H,3,7H2,1-2,4-6H3. The van der Waals surface area contributed by atoms with Gasteiger partial charge in [0.2, 0.25) is 0 Å². The lowest BCUT2D eigenvalue weighted by Crippen LogP contribution is -2.11. The van der Waals surface area contributed by atoms with Crippen LogP contribution in [0, 0.1) is 16.7 Å². The van der Waals surface area contributed by atoms with E-state index in [9.17, 15) is 0 Å². The maximum absolute atomic E-state index is 4.18. The molecule has 1 rings (SSSR count). The van der Waals surface area contributed by atoms with Crippen molar-refractivity contribution in [2.45, 2.75) is 41.0 Å². The van der Waals surface area contributed by atoms with Crippen molar-refractivity contribution in [1.29, 1.82) is 0 Å². The van der Waals surface area contributed by atoms with E-state index >= 15 is 0 Å². The molecule has 1 saturated carbocycles. The van der Waals surface area contributed by atoms with Gasteiger partial charge in [-0.1, -0.05) is 46.8 Å². The van der Waals surface area contributed by atoms with E-state index < -0.39 is 0 Å². The summed E-state index contributed by atoms with van der Waals surface area (Å²) in [6.45, 7) is 15.7. The summed E-state index contributed by atoms with van der Waals surface area (Å²) in [7, 11) is 0. The number of hydrogen-bond donors (Lipinski definition) is 0. The van der Waals surface area contributed by atoms with Gasteiger partial charge in [-0.05, 0) is 23.2 Å². The third-order valence-corrected chi connectivity index (χ3v) is 3.57. The first kappa shape index (κ1) is 8.83.